The van der Waals surface area contributed by atoms with E-state index in [1.165, 1.54) is 0 Å². The molecule has 0 aliphatic carbocycles. The molecule has 2 heterocycles. The number of ether oxygens (including phenoxy) is 1. The van der Waals surface area contributed by atoms with Crippen LogP contribution in [0.25, 0.3) is 0 Å². The lowest BCUT2D eigenvalue weighted by Crippen LogP contribution is -2.35. The third-order valence-corrected chi connectivity index (χ3v) is 2.33. The number of aromatic nitrogens is 2. The van der Waals surface area contributed by atoms with Crippen molar-refractivity contribution in [2.24, 2.45) is 0 Å². The Morgan fingerprint density at radius 2 is 2.24 bits per heavy atom. The van der Waals surface area contributed by atoms with Crippen LogP contribution in [0.4, 0.5) is 4.39 Å². The Hall–Kier alpha value is -1.93. The third kappa shape index (κ3) is 1.87. The summed E-state index contributed by atoms with van der Waals surface area (Å²) in [5.74, 6) is -1.46. The number of nitrogens with zero attached hydrogens (tertiary/aromatic N) is 1. The van der Waals surface area contributed by atoms with Crippen molar-refractivity contribution in [2.45, 2.75) is 12.3 Å². The second-order valence-corrected chi connectivity index (χ2v) is 3.40. The summed E-state index contributed by atoms with van der Waals surface area (Å²) in [6.45, 7) is -0.725. The summed E-state index contributed by atoms with van der Waals surface area (Å²) >= 11 is 0. The van der Waals surface area contributed by atoms with Crippen LogP contribution in [-0.2, 0) is 4.74 Å². The Morgan fingerprint density at radius 3 is 2.76 bits per heavy atom. The predicted molar refractivity (Wildman–Crippen MR) is 52.7 cm³/mol. The average Bonchev–Trinajstić information content (AvgIpc) is 2.57. The van der Waals surface area contributed by atoms with Gasteiger partial charge in [-0.05, 0) is 0 Å². The van der Waals surface area contributed by atoms with Gasteiger partial charge in [-0.2, -0.15) is 0 Å². The summed E-state index contributed by atoms with van der Waals surface area (Å²) in [7, 11) is 0. The standard InChI is InChI=1S/C9H9FN2O5/c10-6-4(3-13)17-8(7(6)15)12-2-1-5(14)11-9(12)16/h1-2,7-8,13,15H,3H2,(H,11,14,16)/t7?,8-/m1/s1. The number of halogens is 1. The zero-order chi connectivity index (χ0) is 12.6. The van der Waals surface area contributed by atoms with Gasteiger partial charge in [0.05, 0.1) is 0 Å². The molecule has 1 aromatic heterocycles. The fourth-order valence-electron chi connectivity index (χ4n) is 1.51. The third-order valence-electron chi connectivity index (χ3n) is 2.33. The molecule has 0 spiro atoms. The maximum atomic E-state index is 13.3. The number of H-pyrrole nitrogens is 1. The molecule has 1 unspecified atom stereocenters. The SMILES string of the molecule is O=c1ccn([C@@H]2OC(CO)=C(F)C2O)c(=O)[nH]1. The molecule has 0 saturated carbocycles. The molecular formula is C9H9FN2O5. The summed E-state index contributed by atoms with van der Waals surface area (Å²) in [6.07, 6.45) is -1.95. The van der Waals surface area contributed by atoms with Gasteiger partial charge in [0.25, 0.3) is 5.56 Å². The summed E-state index contributed by atoms with van der Waals surface area (Å²) < 4.78 is 19.0. The minimum atomic E-state index is -1.69. The summed E-state index contributed by atoms with van der Waals surface area (Å²) in [5, 5.41) is 18.2. The molecule has 0 radical (unpaired) electrons. The highest BCUT2D eigenvalue weighted by molar-refractivity contribution is 5.13. The molecule has 92 valence electrons. The second-order valence-electron chi connectivity index (χ2n) is 3.40. The van der Waals surface area contributed by atoms with Crippen LogP contribution in [0.15, 0.2) is 33.4 Å². The second kappa shape index (κ2) is 4.15. The fourth-order valence-corrected chi connectivity index (χ4v) is 1.51. The first-order chi connectivity index (χ1) is 8.04. The lowest BCUT2D eigenvalue weighted by Gasteiger charge is -2.17. The Balaban J connectivity index is 2.39. The van der Waals surface area contributed by atoms with Gasteiger partial charge in [0, 0.05) is 12.3 Å². The monoisotopic (exact) mass is 244 g/mol. The smallest absolute Gasteiger partial charge is 0.331 e. The molecule has 1 aliphatic rings. The van der Waals surface area contributed by atoms with Gasteiger partial charge in [-0.3, -0.25) is 14.3 Å². The van der Waals surface area contributed by atoms with E-state index in [0.29, 0.717) is 0 Å². The van der Waals surface area contributed by atoms with E-state index >= 15 is 0 Å². The van der Waals surface area contributed by atoms with Gasteiger partial charge >= 0.3 is 5.69 Å². The van der Waals surface area contributed by atoms with Crippen molar-refractivity contribution in [2.75, 3.05) is 6.61 Å². The number of aromatic amines is 1. The fraction of sp³-hybridized carbons (Fsp3) is 0.333. The van der Waals surface area contributed by atoms with Gasteiger partial charge in [0.2, 0.25) is 6.23 Å². The van der Waals surface area contributed by atoms with E-state index in [4.69, 9.17) is 9.84 Å². The molecule has 8 heteroatoms. The molecule has 17 heavy (non-hydrogen) atoms. The first kappa shape index (κ1) is 11.6. The van der Waals surface area contributed by atoms with E-state index in [-0.39, 0.29) is 0 Å². The van der Waals surface area contributed by atoms with Gasteiger partial charge in [-0.15, -0.1) is 0 Å². The first-order valence-electron chi connectivity index (χ1n) is 4.70. The molecule has 0 fully saturated rings. The molecule has 3 N–H and O–H groups in total. The van der Waals surface area contributed by atoms with Crippen LogP contribution in [0.2, 0.25) is 0 Å². The molecule has 0 amide bonds. The van der Waals surface area contributed by atoms with E-state index in [1.54, 1.807) is 0 Å². The van der Waals surface area contributed by atoms with Crippen molar-refractivity contribution in [1.82, 2.24) is 9.55 Å². The number of hydrogen-bond acceptors (Lipinski definition) is 5. The van der Waals surface area contributed by atoms with Crippen LogP contribution in [0, 0.1) is 0 Å². The quantitative estimate of drug-likeness (QED) is 0.593. The van der Waals surface area contributed by atoms with Crippen LogP contribution in [-0.4, -0.2) is 32.5 Å². The highest BCUT2D eigenvalue weighted by atomic mass is 19.1. The lowest BCUT2D eigenvalue weighted by atomic mass is 10.3. The largest absolute Gasteiger partial charge is 0.466 e. The maximum absolute atomic E-state index is 13.3. The summed E-state index contributed by atoms with van der Waals surface area (Å²) in [4.78, 5) is 24.2. The maximum Gasteiger partial charge on any atom is 0.331 e. The van der Waals surface area contributed by atoms with E-state index in [2.05, 4.69) is 0 Å². The minimum absolute atomic E-state index is 0.430. The first-order valence-corrected chi connectivity index (χ1v) is 4.70. The van der Waals surface area contributed by atoms with Crippen LogP contribution < -0.4 is 11.2 Å². The van der Waals surface area contributed by atoms with Crippen molar-refractivity contribution in [3.63, 3.8) is 0 Å². The predicted octanol–water partition coefficient (Wildman–Crippen LogP) is -1.40. The summed E-state index contributed by atoms with van der Waals surface area (Å²) in [5.41, 5.74) is -1.46. The lowest BCUT2D eigenvalue weighted by molar-refractivity contribution is -0.0146. The van der Waals surface area contributed by atoms with Crippen LogP contribution in [0.5, 0.6) is 0 Å². The van der Waals surface area contributed by atoms with Gasteiger partial charge in [-0.25, -0.2) is 9.18 Å². The number of hydrogen-bond donors (Lipinski definition) is 3. The van der Waals surface area contributed by atoms with Crippen molar-refractivity contribution < 1.29 is 19.3 Å². The van der Waals surface area contributed by atoms with Crippen molar-refractivity contribution in [3.05, 3.63) is 44.7 Å². The summed E-state index contributed by atoms with van der Waals surface area (Å²) in [6, 6.07) is 1.03. The Bertz CT molecular complexity index is 575. The molecule has 0 aromatic carbocycles. The van der Waals surface area contributed by atoms with Gasteiger partial charge in [0.1, 0.15) is 6.61 Å². The van der Waals surface area contributed by atoms with Crippen molar-refractivity contribution >= 4 is 0 Å². The van der Waals surface area contributed by atoms with E-state index in [0.717, 1.165) is 16.8 Å². The molecule has 7 nitrogen and oxygen atoms in total. The molecule has 0 saturated heterocycles. The Morgan fingerprint density at radius 1 is 1.53 bits per heavy atom. The molecule has 1 aliphatic heterocycles. The van der Waals surface area contributed by atoms with Crippen molar-refractivity contribution in [1.29, 1.82) is 0 Å². The highest BCUT2D eigenvalue weighted by Gasteiger charge is 2.37. The van der Waals surface area contributed by atoms with E-state index in [9.17, 15) is 19.1 Å². The number of nitrogens with one attached hydrogen (secondary N) is 1. The zero-order valence-electron chi connectivity index (χ0n) is 8.46. The Kier molecular flexibility index (Phi) is 2.82. The van der Waals surface area contributed by atoms with Gasteiger partial charge in [0.15, 0.2) is 17.7 Å². The minimum Gasteiger partial charge on any atom is -0.466 e. The molecular weight excluding hydrogens is 235 g/mol. The van der Waals surface area contributed by atoms with Crippen molar-refractivity contribution in [3.8, 4) is 0 Å². The molecule has 1 aromatic rings. The number of aliphatic hydroxyl groups is 2. The zero-order valence-corrected chi connectivity index (χ0v) is 8.46. The molecule has 2 atom stereocenters. The van der Waals surface area contributed by atoms with Gasteiger partial charge in [-0.1, -0.05) is 0 Å². The molecule has 0 bridgehead atoms. The number of aliphatic hydroxyl groups excluding tert-OH is 2. The normalized spacial score (nSPS) is 23.9. The Labute approximate surface area is 93.4 Å². The molecule has 2 rings (SSSR count). The highest BCUT2D eigenvalue weighted by Crippen LogP contribution is 2.31. The number of rotatable bonds is 2. The topological polar surface area (TPSA) is 105 Å². The van der Waals surface area contributed by atoms with Crippen LogP contribution in [0.3, 0.4) is 0 Å². The van der Waals surface area contributed by atoms with Crippen LogP contribution >= 0.6 is 0 Å². The van der Waals surface area contributed by atoms with E-state index < -0.39 is 41.8 Å². The average molecular weight is 244 g/mol. The van der Waals surface area contributed by atoms with E-state index in [1.807, 2.05) is 4.98 Å². The van der Waals surface area contributed by atoms with Gasteiger partial charge < -0.3 is 14.9 Å². The van der Waals surface area contributed by atoms with Crippen LogP contribution in [0.1, 0.15) is 6.23 Å².